The van der Waals surface area contributed by atoms with Gasteiger partial charge in [-0.15, -0.1) is 0 Å². The van der Waals surface area contributed by atoms with Crippen LogP contribution in [0.5, 0.6) is 0 Å². The van der Waals surface area contributed by atoms with Crippen molar-refractivity contribution in [3.05, 3.63) is 24.3 Å². The number of alkyl halides is 2. The second kappa shape index (κ2) is 11.4. The summed E-state index contributed by atoms with van der Waals surface area (Å²) in [6.45, 7) is 0. The van der Waals surface area contributed by atoms with Gasteiger partial charge in [0.05, 0.1) is 0 Å². The highest BCUT2D eigenvalue weighted by Crippen LogP contribution is 2.02. The standard InChI is InChI=1S/C10H16Br2/c11-9-7-5-3-1-2-4-6-8-10-12/h5-8H,1-4,9-10H2/b7-5+,8-6+. The summed E-state index contributed by atoms with van der Waals surface area (Å²) in [5, 5.41) is 1.97. The van der Waals surface area contributed by atoms with Crippen LogP contribution in [0, 0.1) is 0 Å². The van der Waals surface area contributed by atoms with Gasteiger partial charge in [0, 0.05) is 10.7 Å². The minimum atomic E-state index is 0.983. The van der Waals surface area contributed by atoms with Gasteiger partial charge in [0.1, 0.15) is 0 Å². The minimum Gasteiger partial charge on any atom is -0.0883 e. The van der Waals surface area contributed by atoms with Crippen LogP contribution in [0.2, 0.25) is 0 Å². The number of hydrogen-bond donors (Lipinski definition) is 0. The Labute approximate surface area is 92.4 Å². The van der Waals surface area contributed by atoms with E-state index in [0.717, 1.165) is 10.7 Å². The summed E-state index contributed by atoms with van der Waals surface area (Å²) in [4.78, 5) is 0. The van der Waals surface area contributed by atoms with E-state index >= 15 is 0 Å². The van der Waals surface area contributed by atoms with Crippen molar-refractivity contribution in [2.24, 2.45) is 0 Å². The largest absolute Gasteiger partial charge is 0.0883 e. The lowest BCUT2D eigenvalue weighted by atomic mass is 10.2. The van der Waals surface area contributed by atoms with Gasteiger partial charge in [-0.05, 0) is 25.7 Å². The molecule has 0 aliphatic heterocycles. The zero-order chi connectivity index (χ0) is 9.07. The Bertz CT molecular complexity index is 112. The van der Waals surface area contributed by atoms with Crippen LogP contribution in [0.1, 0.15) is 25.7 Å². The fourth-order valence-corrected chi connectivity index (χ4v) is 1.41. The molecule has 0 atom stereocenters. The molecule has 0 saturated heterocycles. The Morgan fingerprint density at radius 1 is 0.667 bits per heavy atom. The van der Waals surface area contributed by atoms with Gasteiger partial charge in [-0.25, -0.2) is 0 Å². The summed E-state index contributed by atoms with van der Waals surface area (Å²) >= 11 is 6.70. The van der Waals surface area contributed by atoms with Crippen LogP contribution in [-0.4, -0.2) is 10.7 Å². The maximum absolute atomic E-state index is 3.35. The molecule has 0 amide bonds. The minimum absolute atomic E-state index is 0.983. The molecule has 0 radical (unpaired) electrons. The Morgan fingerprint density at radius 3 is 1.42 bits per heavy atom. The van der Waals surface area contributed by atoms with E-state index in [0.29, 0.717) is 0 Å². The quantitative estimate of drug-likeness (QED) is 0.370. The van der Waals surface area contributed by atoms with Crippen LogP contribution >= 0.6 is 31.9 Å². The fraction of sp³-hybridized carbons (Fsp3) is 0.600. The van der Waals surface area contributed by atoms with E-state index in [2.05, 4.69) is 56.2 Å². The number of hydrogen-bond acceptors (Lipinski definition) is 0. The van der Waals surface area contributed by atoms with Gasteiger partial charge < -0.3 is 0 Å². The highest BCUT2D eigenvalue weighted by molar-refractivity contribution is 9.09. The van der Waals surface area contributed by atoms with Crippen molar-refractivity contribution in [3.63, 3.8) is 0 Å². The highest BCUT2D eigenvalue weighted by Gasteiger charge is 1.82. The van der Waals surface area contributed by atoms with Gasteiger partial charge in [-0.1, -0.05) is 56.2 Å². The lowest BCUT2D eigenvalue weighted by molar-refractivity contribution is 0.761. The highest BCUT2D eigenvalue weighted by atomic mass is 79.9. The molecular weight excluding hydrogens is 280 g/mol. The van der Waals surface area contributed by atoms with Crippen molar-refractivity contribution in [1.82, 2.24) is 0 Å². The first kappa shape index (κ1) is 12.4. The van der Waals surface area contributed by atoms with Crippen molar-refractivity contribution in [2.75, 3.05) is 10.7 Å². The first-order valence-corrected chi connectivity index (χ1v) is 6.58. The molecule has 0 heterocycles. The lowest BCUT2D eigenvalue weighted by Crippen LogP contribution is -1.73. The predicted molar refractivity (Wildman–Crippen MR) is 64.3 cm³/mol. The summed E-state index contributed by atoms with van der Waals surface area (Å²) in [6, 6.07) is 0. The summed E-state index contributed by atoms with van der Waals surface area (Å²) in [6.07, 6.45) is 13.8. The number of unbranched alkanes of at least 4 members (excludes halogenated alkanes) is 3. The molecule has 0 aliphatic carbocycles. The van der Waals surface area contributed by atoms with E-state index in [-0.39, 0.29) is 0 Å². The van der Waals surface area contributed by atoms with Crippen molar-refractivity contribution in [2.45, 2.75) is 25.7 Å². The van der Waals surface area contributed by atoms with E-state index in [1.165, 1.54) is 25.7 Å². The number of halogens is 2. The Kier molecular flexibility index (Phi) is 11.9. The zero-order valence-corrected chi connectivity index (χ0v) is 10.5. The summed E-state index contributed by atoms with van der Waals surface area (Å²) in [5.41, 5.74) is 0. The molecule has 0 fully saturated rings. The van der Waals surface area contributed by atoms with E-state index in [9.17, 15) is 0 Å². The Morgan fingerprint density at radius 2 is 1.08 bits per heavy atom. The monoisotopic (exact) mass is 294 g/mol. The van der Waals surface area contributed by atoms with E-state index in [1.807, 2.05) is 0 Å². The third-order valence-electron chi connectivity index (χ3n) is 1.50. The summed E-state index contributed by atoms with van der Waals surface area (Å²) in [7, 11) is 0. The third kappa shape index (κ3) is 10.4. The molecule has 0 spiro atoms. The average Bonchev–Trinajstić information content (AvgIpc) is 2.10. The molecule has 0 aromatic carbocycles. The molecule has 0 rings (SSSR count). The van der Waals surface area contributed by atoms with E-state index in [1.54, 1.807) is 0 Å². The van der Waals surface area contributed by atoms with Crippen molar-refractivity contribution >= 4 is 31.9 Å². The molecule has 12 heavy (non-hydrogen) atoms. The van der Waals surface area contributed by atoms with E-state index in [4.69, 9.17) is 0 Å². The SMILES string of the molecule is BrC/C=C/CCCC/C=C/CBr. The van der Waals surface area contributed by atoms with Crippen LogP contribution in [0.3, 0.4) is 0 Å². The van der Waals surface area contributed by atoms with Crippen LogP contribution < -0.4 is 0 Å². The number of rotatable bonds is 7. The van der Waals surface area contributed by atoms with Crippen molar-refractivity contribution < 1.29 is 0 Å². The van der Waals surface area contributed by atoms with Crippen LogP contribution in [-0.2, 0) is 0 Å². The Hall–Kier alpha value is 0.440. The summed E-state index contributed by atoms with van der Waals surface area (Å²) < 4.78 is 0. The van der Waals surface area contributed by atoms with Gasteiger partial charge in [-0.2, -0.15) is 0 Å². The average molecular weight is 296 g/mol. The van der Waals surface area contributed by atoms with Gasteiger partial charge in [-0.3, -0.25) is 0 Å². The molecule has 0 bridgehead atoms. The molecular formula is C10H16Br2. The first-order valence-electron chi connectivity index (χ1n) is 4.33. The molecule has 0 N–H and O–H groups in total. The molecule has 0 nitrogen and oxygen atoms in total. The van der Waals surface area contributed by atoms with Gasteiger partial charge in [0.25, 0.3) is 0 Å². The van der Waals surface area contributed by atoms with Crippen molar-refractivity contribution in [3.8, 4) is 0 Å². The molecule has 2 heteroatoms. The maximum atomic E-state index is 3.35. The molecule has 0 aromatic heterocycles. The number of allylic oxidation sites excluding steroid dienone is 4. The van der Waals surface area contributed by atoms with E-state index < -0.39 is 0 Å². The molecule has 0 aliphatic rings. The van der Waals surface area contributed by atoms with Gasteiger partial charge in [0.2, 0.25) is 0 Å². The smallest absolute Gasteiger partial charge is 0.0212 e. The third-order valence-corrected chi connectivity index (χ3v) is 2.25. The Balaban J connectivity index is 3.00. The first-order chi connectivity index (χ1) is 5.91. The molecule has 0 saturated carbocycles. The van der Waals surface area contributed by atoms with Gasteiger partial charge in [0.15, 0.2) is 0 Å². The molecule has 0 unspecified atom stereocenters. The lowest BCUT2D eigenvalue weighted by Gasteiger charge is -1.91. The van der Waals surface area contributed by atoms with Crippen molar-refractivity contribution in [1.29, 1.82) is 0 Å². The zero-order valence-electron chi connectivity index (χ0n) is 7.31. The second-order valence-electron chi connectivity index (χ2n) is 2.54. The fourth-order valence-electron chi connectivity index (χ4n) is 0.886. The van der Waals surface area contributed by atoms with Crippen LogP contribution in [0.25, 0.3) is 0 Å². The normalized spacial score (nSPS) is 11.8. The maximum Gasteiger partial charge on any atom is 0.0212 e. The van der Waals surface area contributed by atoms with Crippen LogP contribution in [0.15, 0.2) is 24.3 Å². The second-order valence-corrected chi connectivity index (χ2v) is 3.83. The van der Waals surface area contributed by atoms with Gasteiger partial charge >= 0.3 is 0 Å². The van der Waals surface area contributed by atoms with Crippen LogP contribution in [0.4, 0.5) is 0 Å². The molecule has 70 valence electrons. The molecule has 0 aromatic rings. The predicted octanol–water partition coefficient (Wildman–Crippen LogP) is 4.45. The topological polar surface area (TPSA) is 0 Å². The summed E-state index contributed by atoms with van der Waals surface area (Å²) in [5.74, 6) is 0.